The maximum Gasteiger partial charge on any atom is 0.159 e. The Kier molecular flexibility index (Phi) is 5.90. The summed E-state index contributed by atoms with van der Waals surface area (Å²) in [6.45, 7) is 2.14. The molecule has 0 nitrogen and oxygen atoms in total. The lowest BCUT2D eigenvalue weighted by molar-refractivity contribution is 0.508. The molecule has 0 aliphatic carbocycles. The molecule has 4 heteroatoms. The van der Waals surface area contributed by atoms with Gasteiger partial charge in [0.1, 0.15) is 11.6 Å². The highest BCUT2D eigenvalue weighted by atomic mass is 19.2. The lowest BCUT2D eigenvalue weighted by Gasteiger charge is -2.10. The van der Waals surface area contributed by atoms with Crippen molar-refractivity contribution < 1.29 is 17.6 Å². The Morgan fingerprint density at radius 2 is 0.935 bits per heavy atom. The molecule has 0 bridgehead atoms. The highest BCUT2D eigenvalue weighted by molar-refractivity contribution is 5.74. The van der Waals surface area contributed by atoms with Gasteiger partial charge in [0, 0.05) is 0 Å². The van der Waals surface area contributed by atoms with Crippen molar-refractivity contribution in [1.29, 1.82) is 0 Å². The minimum Gasteiger partial charge on any atom is -0.206 e. The van der Waals surface area contributed by atoms with Crippen molar-refractivity contribution in [1.82, 2.24) is 0 Å². The third-order valence-corrected chi connectivity index (χ3v) is 5.29. The number of hydrogen-bond acceptors (Lipinski definition) is 0. The maximum absolute atomic E-state index is 14.7. The summed E-state index contributed by atoms with van der Waals surface area (Å²) in [6, 6.07) is 21.0. The summed E-state index contributed by atoms with van der Waals surface area (Å²) in [7, 11) is 0. The molecule has 0 radical (unpaired) electrons. The van der Waals surface area contributed by atoms with Crippen molar-refractivity contribution in [2.24, 2.45) is 0 Å². The Labute approximate surface area is 178 Å². The van der Waals surface area contributed by atoms with E-state index in [0.29, 0.717) is 11.1 Å². The Bertz CT molecular complexity index is 1190. The first-order valence-corrected chi connectivity index (χ1v) is 10.1. The lowest BCUT2D eigenvalue weighted by atomic mass is 9.96. The molecule has 0 N–H and O–H groups in total. The quantitative estimate of drug-likeness (QED) is 0.286. The van der Waals surface area contributed by atoms with Crippen LogP contribution in [-0.4, -0.2) is 0 Å². The van der Waals surface area contributed by atoms with E-state index >= 15 is 0 Å². The number of rotatable bonds is 5. The molecule has 156 valence electrons. The van der Waals surface area contributed by atoms with Gasteiger partial charge in [0.25, 0.3) is 0 Å². The zero-order chi connectivity index (χ0) is 22.0. The third-order valence-electron chi connectivity index (χ3n) is 5.29. The molecule has 0 aliphatic heterocycles. The largest absolute Gasteiger partial charge is 0.206 e. The van der Waals surface area contributed by atoms with Crippen molar-refractivity contribution in [3.8, 4) is 33.4 Å². The monoisotopic (exact) mass is 420 g/mol. The van der Waals surface area contributed by atoms with Crippen LogP contribution in [0.15, 0.2) is 78.9 Å². The smallest absolute Gasteiger partial charge is 0.159 e. The van der Waals surface area contributed by atoms with E-state index in [-0.39, 0.29) is 11.1 Å². The van der Waals surface area contributed by atoms with Crippen LogP contribution in [0.5, 0.6) is 0 Å². The molecule has 4 rings (SSSR count). The molecule has 0 fully saturated rings. The highest BCUT2D eigenvalue weighted by Crippen LogP contribution is 2.32. The van der Waals surface area contributed by atoms with Crippen LogP contribution in [0.25, 0.3) is 33.4 Å². The molecule has 0 saturated carbocycles. The second kappa shape index (κ2) is 8.76. The van der Waals surface area contributed by atoms with Gasteiger partial charge in [-0.05, 0) is 64.1 Å². The Balaban J connectivity index is 1.63. The highest BCUT2D eigenvalue weighted by Gasteiger charge is 2.16. The molecular weight excluding hydrogens is 400 g/mol. The Morgan fingerprint density at radius 3 is 1.45 bits per heavy atom. The van der Waals surface area contributed by atoms with Crippen LogP contribution >= 0.6 is 0 Å². The first-order chi connectivity index (χ1) is 15.0. The van der Waals surface area contributed by atoms with Crippen molar-refractivity contribution in [3.05, 3.63) is 108 Å². The summed E-state index contributed by atoms with van der Waals surface area (Å²) in [4.78, 5) is 0. The van der Waals surface area contributed by atoms with Gasteiger partial charge < -0.3 is 0 Å². The van der Waals surface area contributed by atoms with E-state index in [4.69, 9.17) is 0 Å². The standard InChI is InChI=1S/C27H20F4/c1-2-3-17-4-6-18(7-5-17)19-8-10-20(11-9-19)22-15-25(30)27(26(31)16-22)21-12-13-23(28)24(29)14-21/h4-16H,2-3H2,1H3. The molecule has 0 spiro atoms. The number of halogens is 4. The molecule has 0 amide bonds. The van der Waals surface area contributed by atoms with Crippen LogP contribution in [0, 0.1) is 23.3 Å². The van der Waals surface area contributed by atoms with Crippen LogP contribution in [0.4, 0.5) is 17.6 Å². The lowest BCUT2D eigenvalue weighted by Crippen LogP contribution is -1.94. The second-order valence-corrected chi connectivity index (χ2v) is 7.47. The van der Waals surface area contributed by atoms with Gasteiger partial charge in [-0.25, -0.2) is 17.6 Å². The van der Waals surface area contributed by atoms with Crippen LogP contribution in [0.1, 0.15) is 18.9 Å². The van der Waals surface area contributed by atoms with Crippen LogP contribution in [-0.2, 0) is 6.42 Å². The molecule has 0 atom stereocenters. The van der Waals surface area contributed by atoms with E-state index in [0.717, 1.165) is 42.2 Å². The van der Waals surface area contributed by atoms with E-state index in [9.17, 15) is 17.6 Å². The molecule has 4 aromatic carbocycles. The van der Waals surface area contributed by atoms with Gasteiger partial charge in [0.15, 0.2) is 11.6 Å². The minimum absolute atomic E-state index is 0.0534. The fourth-order valence-corrected chi connectivity index (χ4v) is 3.67. The van der Waals surface area contributed by atoms with Gasteiger partial charge >= 0.3 is 0 Å². The first-order valence-electron chi connectivity index (χ1n) is 10.1. The maximum atomic E-state index is 14.7. The van der Waals surface area contributed by atoms with E-state index in [2.05, 4.69) is 31.2 Å². The van der Waals surface area contributed by atoms with E-state index in [1.807, 2.05) is 12.1 Å². The van der Waals surface area contributed by atoms with Gasteiger partial charge in [0.05, 0.1) is 5.56 Å². The van der Waals surface area contributed by atoms with Crippen molar-refractivity contribution in [3.63, 3.8) is 0 Å². The average Bonchev–Trinajstić information content (AvgIpc) is 2.76. The molecule has 4 aromatic rings. The third kappa shape index (κ3) is 4.38. The number of benzene rings is 4. The van der Waals surface area contributed by atoms with Crippen molar-refractivity contribution >= 4 is 0 Å². The summed E-state index contributed by atoms with van der Waals surface area (Å²) in [5.74, 6) is -3.90. The van der Waals surface area contributed by atoms with Crippen molar-refractivity contribution in [2.45, 2.75) is 19.8 Å². The van der Waals surface area contributed by atoms with E-state index in [1.54, 1.807) is 12.1 Å². The summed E-state index contributed by atoms with van der Waals surface area (Å²) in [6.07, 6.45) is 2.13. The Hall–Kier alpha value is -3.40. The van der Waals surface area contributed by atoms with Crippen LogP contribution < -0.4 is 0 Å². The molecule has 0 aromatic heterocycles. The van der Waals surface area contributed by atoms with Gasteiger partial charge in [-0.15, -0.1) is 0 Å². The summed E-state index contributed by atoms with van der Waals surface area (Å²) >= 11 is 0. The molecule has 31 heavy (non-hydrogen) atoms. The second-order valence-electron chi connectivity index (χ2n) is 7.47. The fourth-order valence-electron chi connectivity index (χ4n) is 3.67. The normalized spacial score (nSPS) is 11.0. The van der Waals surface area contributed by atoms with Crippen LogP contribution in [0.2, 0.25) is 0 Å². The predicted octanol–water partition coefficient (Wildman–Crippen LogP) is 8.20. The number of hydrogen-bond donors (Lipinski definition) is 0. The fraction of sp³-hybridized carbons (Fsp3) is 0.111. The van der Waals surface area contributed by atoms with Crippen molar-refractivity contribution in [2.75, 3.05) is 0 Å². The molecule has 0 saturated heterocycles. The van der Waals surface area contributed by atoms with Gasteiger partial charge in [-0.3, -0.25) is 0 Å². The zero-order valence-corrected chi connectivity index (χ0v) is 16.9. The molecule has 0 unspecified atom stereocenters. The molecular formula is C27H20F4. The predicted molar refractivity (Wildman–Crippen MR) is 117 cm³/mol. The van der Waals surface area contributed by atoms with E-state index < -0.39 is 23.3 Å². The summed E-state index contributed by atoms with van der Waals surface area (Å²) < 4.78 is 56.0. The zero-order valence-electron chi connectivity index (χ0n) is 16.9. The number of aryl methyl sites for hydroxylation is 1. The Morgan fingerprint density at radius 1 is 0.484 bits per heavy atom. The SMILES string of the molecule is CCCc1ccc(-c2ccc(-c3cc(F)c(-c4ccc(F)c(F)c4)c(F)c3)cc2)cc1. The van der Waals surface area contributed by atoms with Gasteiger partial charge in [-0.1, -0.05) is 67.9 Å². The van der Waals surface area contributed by atoms with Gasteiger partial charge in [0.2, 0.25) is 0 Å². The van der Waals surface area contributed by atoms with Crippen LogP contribution in [0.3, 0.4) is 0 Å². The molecule has 0 aliphatic rings. The van der Waals surface area contributed by atoms with E-state index in [1.165, 1.54) is 17.7 Å². The first kappa shape index (κ1) is 20.9. The molecule has 0 heterocycles. The minimum atomic E-state index is -1.15. The average molecular weight is 420 g/mol. The summed E-state index contributed by atoms with van der Waals surface area (Å²) in [5, 5.41) is 0. The van der Waals surface area contributed by atoms with Gasteiger partial charge in [-0.2, -0.15) is 0 Å². The topological polar surface area (TPSA) is 0 Å². The summed E-state index contributed by atoms with van der Waals surface area (Å²) in [5.41, 5.74) is 3.94.